The average Bonchev–Trinajstić information content (AvgIpc) is 2.27. The van der Waals surface area contributed by atoms with E-state index in [9.17, 15) is 4.79 Å². The molecule has 0 spiro atoms. The molecule has 0 bridgehead atoms. The van der Waals surface area contributed by atoms with Crippen LogP contribution in [-0.2, 0) is 9.47 Å². The van der Waals surface area contributed by atoms with Crippen LogP contribution in [0.15, 0.2) is 24.8 Å². The van der Waals surface area contributed by atoms with E-state index in [0.717, 1.165) is 0 Å². The zero-order valence-electron chi connectivity index (χ0n) is 10.9. The second-order valence-corrected chi connectivity index (χ2v) is 4.22. The molecule has 1 atom stereocenters. The van der Waals surface area contributed by atoms with Gasteiger partial charge in [0, 0.05) is 5.41 Å². The van der Waals surface area contributed by atoms with E-state index in [-0.39, 0.29) is 5.41 Å². The fourth-order valence-electron chi connectivity index (χ4n) is 1.21. The highest BCUT2D eigenvalue weighted by molar-refractivity contribution is 5.60. The minimum absolute atomic E-state index is 0.301. The molecule has 0 aromatic rings. The highest BCUT2D eigenvalue weighted by atomic mass is 16.7. The molecule has 3 nitrogen and oxygen atoms in total. The van der Waals surface area contributed by atoms with Crippen LogP contribution < -0.4 is 0 Å². The maximum absolute atomic E-state index is 11.1. The molecule has 94 valence electrons. The Labute approximate surface area is 103 Å². The summed E-state index contributed by atoms with van der Waals surface area (Å²) in [6, 6.07) is 0. The van der Waals surface area contributed by atoms with Crippen molar-refractivity contribution < 1.29 is 14.3 Å². The van der Waals surface area contributed by atoms with E-state index in [0.29, 0.717) is 6.42 Å². The van der Waals surface area contributed by atoms with Gasteiger partial charge in [0.15, 0.2) is 6.10 Å². The van der Waals surface area contributed by atoms with Crippen LogP contribution in [0, 0.1) is 17.3 Å². The van der Waals surface area contributed by atoms with Crippen molar-refractivity contribution in [2.75, 3.05) is 7.11 Å². The summed E-state index contributed by atoms with van der Waals surface area (Å²) in [5.74, 6) is 5.73. The van der Waals surface area contributed by atoms with Crippen molar-refractivity contribution in [1.82, 2.24) is 0 Å². The highest BCUT2D eigenvalue weighted by Crippen LogP contribution is 2.28. The van der Waals surface area contributed by atoms with Crippen molar-refractivity contribution in [2.24, 2.45) is 5.41 Å². The summed E-state index contributed by atoms with van der Waals surface area (Å²) < 4.78 is 9.63. The van der Waals surface area contributed by atoms with Crippen molar-refractivity contribution in [3.05, 3.63) is 24.8 Å². The molecule has 0 saturated heterocycles. The molecule has 3 heteroatoms. The third-order valence-electron chi connectivity index (χ3n) is 2.23. The maximum atomic E-state index is 11.1. The summed E-state index contributed by atoms with van der Waals surface area (Å²) in [4.78, 5) is 11.1. The Kier molecular flexibility index (Phi) is 6.81. The molecule has 0 heterocycles. The quantitative estimate of drug-likeness (QED) is 0.427. The van der Waals surface area contributed by atoms with E-state index in [1.54, 1.807) is 12.2 Å². The number of allylic oxidation sites excluding steroid dienone is 3. The minimum atomic E-state index is -0.720. The summed E-state index contributed by atoms with van der Waals surface area (Å²) in [5.41, 5.74) is -0.301. The Morgan fingerprint density at radius 1 is 1.53 bits per heavy atom. The van der Waals surface area contributed by atoms with Gasteiger partial charge >= 0.3 is 6.16 Å². The Morgan fingerprint density at radius 3 is 2.65 bits per heavy atom. The van der Waals surface area contributed by atoms with Crippen LogP contribution in [0.3, 0.4) is 0 Å². The lowest BCUT2D eigenvalue weighted by Crippen LogP contribution is -2.32. The molecule has 0 aromatic carbocycles. The van der Waals surface area contributed by atoms with Crippen molar-refractivity contribution in [2.45, 2.75) is 33.3 Å². The maximum Gasteiger partial charge on any atom is 0.509 e. The average molecular weight is 236 g/mol. The zero-order valence-corrected chi connectivity index (χ0v) is 10.9. The fraction of sp³-hybridized carbons (Fsp3) is 0.500. The Morgan fingerprint density at radius 2 is 2.18 bits per heavy atom. The summed E-state index contributed by atoms with van der Waals surface area (Å²) in [6.45, 7) is 9.49. The smallest absolute Gasteiger partial charge is 0.438 e. The highest BCUT2D eigenvalue weighted by Gasteiger charge is 2.30. The molecule has 1 unspecified atom stereocenters. The van der Waals surface area contributed by atoms with Crippen LogP contribution >= 0.6 is 0 Å². The van der Waals surface area contributed by atoms with Gasteiger partial charge in [-0.25, -0.2) is 4.79 Å². The number of hydrogen-bond acceptors (Lipinski definition) is 3. The first-order valence-corrected chi connectivity index (χ1v) is 5.45. The van der Waals surface area contributed by atoms with Gasteiger partial charge in [0.05, 0.1) is 7.11 Å². The Bertz CT molecular complexity index is 342. The van der Waals surface area contributed by atoms with Gasteiger partial charge in [0.2, 0.25) is 0 Å². The SMILES string of the molecule is C=CCC(C)(C)C(C#C/C=C/C)OC(=O)OC. The first-order valence-electron chi connectivity index (χ1n) is 5.45. The van der Waals surface area contributed by atoms with Crippen molar-refractivity contribution in [3.63, 3.8) is 0 Å². The molecule has 0 aromatic heterocycles. The number of ether oxygens (including phenoxy) is 2. The van der Waals surface area contributed by atoms with Gasteiger partial charge in [-0.15, -0.1) is 6.58 Å². The zero-order chi connectivity index (χ0) is 13.3. The summed E-state index contributed by atoms with van der Waals surface area (Å²) in [6.07, 6.45) is 4.76. The van der Waals surface area contributed by atoms with E-state index < -0.39 is 12.3 Å². The first kappa shape index (κ1) is 15.3. The van der Waals surface area contributed by atoms with Gasteiger partial charge in [-0.05, 0) is 19.4 Å². The Balaban J connectivity index is 4.91. The standard InChI is InChI=1S/C14H20O3/c1-6-8-9-10-12(17-13(15)16-5)14(3,4)11-7-2/h6-8,12H,2,11H2,1,3-5H3/b8-6+. The van der Waals surface area contributed by atoms with Gasteiger partial charge in [0.1, 0.15) is 0 Å². The molecule has 0 N–H and O–H groups in total. The molecule has 0 aliphatic heterocycles. The number of methoxy groups -OCH3 is 1. The molecule has 0 saturated carbocycles. The third kappa shape index (κ3) is 5.82. The molecular weight excluding hydrogens is 216 g/mol. The minimum Gasteiger partial charge on any atom is -0.438 e. The van der Waals surface area contributed by atoms with Crippen LogP contribution in [-0.4, -0.2) is 19.4 Å². The predicted octanol–water partition coefficient (Wildman–Crippen LogP) is 3.32. The fourth-order valence-corrected chi connectivity index (χ4v) is 1.21. The van der Waals surface area contributed by atoms with E-state index >= 15 is 0 Å². The number of hydrogen-bond donors (Lipinski definition) is 0. The lowest BCUT2D eigenvalue weighted by Gasteiger charge is -2.28. The van der Waals surface area contributed by atoms with Crippen LogP contribution in [0.4, 0.5) is 4.79 Å². The second kappa shape index (κ2) is 7.56. The first-order chi connectivity index (χ1) is 7.97. The molecule has 0 radical (unpaired) electrons. The number of carbonyl (C=O) groups is 1. The topological polar surface area (TPSA) is 35.5 Å². The molecule has 0 aliphatic carbocycles. The van der Waals surface area contributed by atoms with Gasteiger partial charge in [-0.3, -0.25) is 0 Å². The lowest BCUT2D eigenvalue weighted by atomic mass is 9.83. The summed E-state index contributed by atoms with van der Waals surface area (Å²) in [5, 5.41) is 0. The largest absolute Gasteiger partial charge is 0.509 e. The van der Waals surface area contributed by atoms with Gasteiger partial charge in [0.25, 0.3) is 0 Å². The summed E-state index contributed by atoms with van der Waals surface area (Å²) in [7, 11) is 1.28. The van der Waals surface area contributed by atoms with Crippen LogP contribution in [0.1, 0.15) is 27.2 Å². The van der Waals surface area contributed by atoms with E-state index in [1.807, 2.05) is 26.8 Å². The van der Waals surface area contributed by atoms with Crippen molar-refractivity contribution in [1.29, 1.82) is 0 Å². The Hall–Kier alpha value is -1.69. The van der Waals surface area contributed by atoms with Gasteiger partial charge < -0.3 is 9.47 Å². The van der Waals surface area contributed by atoms with E-state index in [4.69, 9.17) is 4.74 Å². The van der Waals surface area contributed by atoms with Crippen LogP contribution in [0.25, 0.3) is 0 Å². The summed E-state index contributed by atoms with van der Waals surface area (Å²) >= 11 is 0. The van der Waals surface area contributed by atoms with Crippen molar-refractivity contribution >= 4 is 6.16 Å². The van der Waals surface area contributed by atoms with E-state index in [1.165, 1.54) is 7.11 Å². The predicted molar refractivity (Wildman–Crippen MR) is 68.5 cm³/mol. The molecular formula is C14H20O3. The van der Waals surface area contributed by atoms with E-state index in [2.05, 4.69) is 23.2 Å². The molecule has 0 aliphatic rings. The monoisotopic (exact) mass is 236 g/mol. The number of rotatable bonds is 4. The second-order valence-electron chi connectivity index (χ2n) is 4.22. The van der Waals surface area contributed by atoms with Crippen LogP contribution in [0.5, 0.6) is 0 Å². The molecule has 0 fully saturated rings. The lowest BCUT2D eigenvalue weighted by molar-refractivity contribution is 0.0139. The normalized spacial score (nSPS) is 12.5. The van der Waals surface area contributed by atoms with Crippen LogP contribution in [0.2, 0.25) is 0 Å². The molecule has 17 heavy (non-hydrogen) atoms. The van der Waals surface area contributed by atoms with Gasteiger partial charge in [-0.2, -0.15) is 0 Å². The molecule has 0 rings (SSSR count). The van der Waals surface area contributed by atoms with Gasteiger partial charge in [-0.1, -0.05) is 37.8 Å². The third-order valence-corrected chi connectivity index (χ3v) is 2.23. The molecule has 0 amide bonds. The number of carbonyl (C=O) groups excluding carboxylic acids is 1. The van der Waals surface area contributed by atoms with Crippen molar-refractivity contribution in [3.8, 4) is 11.8 Å².